The summed E-state index contributed by atoms with van der Waals surface area (Å²) in [6.07, 6.45) is 1.64. The van der Waals surface area contributed by atoms with Crippen molar-refractivity contribution in [1.82, 2.24) is 4.90 Å². The fourth-order valence-electron chi connectivity index (χ4n) is 1.21. The first kappa shape index (κ1) is 12.8. The summed E-state index contributed by atoms with van der Waals surface area (Å²) in [6, 6.07) is 0. The molecule has 0 saturated heterocycles. The van der Waals surface area contributed by atoms with E-state index in [1.54, 1.807) is 0 Å². The molecule has 1 amide bonds. The Balaban J connectivity index is 3.95. The first-order valence-corrected chi connectivity index (χ1v) is 5.49. The third kappa shape index (κ3) is 5.92. The fourth-order valence-corrected chi connectivity index (χ4v) is 1.42. The van der Waals surface area contributed by atoms with Crippen molar-refractivity contribution in [2.45, 2.75) is 33.6 Å². The van der Waals surface area contributed by atoms with E-state index >= 15 is 0 Å². The van der Waals surface area contributed by atoms with E-state index in [0.717, 1.165) is 13.0 Å². The lowest BCUT2D eigenvalue weighted by Crippen LogP contribution is -2.34. The summed E-state index contributed by atoms with van der Waals surface area (Å²) in [4.78, 5) is 13.5. The van der Waals surface area contributed by atoms with Gasteiger partial charge in [-0.3, -0.25) is 4.79 Å². The van der Waals surface area contributed by atoms with Gasteiger partial charge in [0.1, 0.15) is 0 Å². The molecule has 0 aliphatic rings. The van der Waals surface area contributed by atoms with Gasteiger partial charge in [0.05, 0.1) is 0 Å². The molecule has 13 heavy (non-hydrogen) atoms. The zero-order valence-electron chi connectivity index (χ0n) is 8.85. The number of alkyl halides is 1. The maximum atomic E-state index is 11.6. The van der Waals surface area contributed by atoms with Crippen LogP contribution in [-0.2, 0) is 4.79 Å². The molecule has 0 saturated carbocycles. The molecule has 0 aliphatic carbocycles. The number of halogens is 1. The molecule has 0 aromatic rings. The van der Waals surface area contributed by atoms with Crippen LogP contribution in [0.2, 0.25) is 0 Å². The Labute approximate surface area is 86.2 Å². The van der Waals surface area contributed by atoms with Crippen LogP contribution in [-0.4, -0.2) is 29.8 Å². The van der Waals surface area contributed by atoms with Crippen molar-refractivity contribution in [2.24, 2.45) is 5.92 Å². The maximum absolute atomic E-state index is 11.6. The van der Waals surface area contributed by atoms with Gasteiger partial charge in [-0.1, -0.05) is 20.8 Å². The average molecular weight is 206 g/mol. The Hall–Kier alpha value is -0.240. The first-order valence-electron chi connectivity index (χ1n) is 4.95. The van der Waals surface area contributed by atoms with Gasteiger partial charge in [-0.2, -0.15) is 0 Å². The molecule has 0 unspecified atom stereocenters. The second-order valence-electron chi connectivity index (χ2n) is 3.67. The summed E-state index contributed by atoms with van der Waals surface area (Å²) < 4.78 is 0. The average Bonchev–Trinajstić information content (AvgIpc) is 2.02. The van der Waals surface area contributed by atoms with Gasteiger partial charge in [0, 0.05) is 25.4 Å². The second-order valence-corrected chi connectivity index (χ2v) is 4.05. The highest BCUT2D eigenvalue weighted by Gasteiger charge is 2.12. The molecule has 0 heterocycles. The van der Waals surface area contributed by atoms with Gasteiger partial charge in [-0.15, -0.1) is 11.6 Å². The van der Waals surface area contributed by atoms with E-state index in [-0.39, 0.29) is 5.91 Å². The monoisotopic (exact) mass is 205 g/mol. The van der Waals surface area contributed by atoms with E-state index in [0.29, 0.717) is 24.8 Å². The zero-order chi connectivity index (χ0) is 10.3. The normalized spacial score (nSPS) is 10.5. The van der Waals surface area contributed by atoms with Crippen molar-refractivity contribution in [3.63, 3.8) is 0 Å². The highest BCUT2D eigenvalue weighted by molar-refractivity contribution is 6.18. The number of carbonyl (C=O) groups excluding carboxylic acids is 1. The van der Waals surface area contributed by atoms with Crippen LogP contribution in [0.3, 0.4) is 0 Å². The summed E-state index contributed by atoms with van der Waals surface area (Å²) in [6.45, 7) is 7.70. The van der Waals surface area contributed by atoms with Gasteiger partial charge in [0.25, 0.3) is 0 Å². The predicted octanol–water partition coefficient (Wildman–Crippen LogP) is 2.51. The Kier molecular flexibility index (Phi) is 7.06. The number of carbonyl (C=O) groups is 1. The highest BCUT2D eigenvalue weighted by atomic mass is 35.5. The largest absolute Gasteiger partial charge is 0.342 e. The summed E-state index contributed by atoms with van der Waals surface area (Å²) in [5, 5.41) is 0. The molecule has 78 valence electrons. The molecular weight excluding hydrogens is 186 g/mol. The summed E-state index contributed by atoms with van der Waals surface area (Å²) in [7, 11) is 0. The first-order chi connectivity index (χ1) is 6.11. The van der Waals surface area contributed by atoms with Crippen LogP contribution in [0.15, 0.2) is 0 Å². The zero-order valence-corrected chi connectivity index (χ0v) is 9.60. The molecule has 0 fully saturated rings. The van der Waals surface area contributed by atoms with Crippen molar-refractivity contribution in [2.75, 3.05) is 19.0 Å². The molecule has 0 rings (SSSR count). The lowest BCUT2D eigenvalue weighted by Gasteiger charge is -2.21. The Bertz CT molecular complexity index is 142. The van der Waals surface area contributed by atoms with Crippen LogP contribution in [0.25, 0.3) is 0 Å². The molecule has 0 atom stereocenters. The molecule has 0 N–H and O–H groups in total. The van der Waals surface area contributed by atoms with E-state index in [2.05, 4.69) is 20.8 Å². The van der Waals surface area contributed by atoms with Crippen molar-refractivity contribution >= 4 is 17.5 Å². The fraction of sp³-hybridized carbons (Fsp3) is 0.900. The van der Waals surface area contributed by atoms with Gasteiger partial charge in [-0.05, 0) is 12.3 Å². The second kappa shape index (κ2) is 7.19. The SMILES string of the molecule is CCCN(CCCl)C(=O)CC(C)C. The van der Waals surface area contributed by atoms with Crippen molar-refractivity contribution < 1.29 is 4.79 Å². The smallest absolute Gasteiger partial charge is 0.222 e. The number of nitrogens with zero attached hydrogens (tertiary/aromatic N) is 1. The molecule has 3 heteroatoms. The van der Waals surface area contributed by atoms with Gasteiger partial charge in [-0.25, -0.2) is 0 Å². The summed E-state index contributed by atoms with van der Waals surface area (Å²) >= 11 is 5.62. The minimum atomic E-state index is 0.234. The van der Waals surface area contributed by atoms with E-state index in [1.807, 2.05) is 4.90 Å². The van der Waals surface area contributed by atoms with Crippen molar-refractivity contribution in [1.29, 1.82) is 0 Å². The minimum absolute atomic E-state index is 0.234. The van der Waals surface area contributed by atoms with Crippen LogP contribution < -0.4 is 0 Å². The van der Waals surface area contributed by atoms with E-state index in [4.69, 9.17) is 11.6 Å². The standard InChI is InChI=1S/C10H20ClNO/c1-4-6-12(7-5-11)10(13)8-9(2)3/h9H,4-8H2,1-3H3. The molecule has 2 nitrogen and oxygen atoms in total. The van der Waals surface area contributed by atoms with E-state index in [9.17, 15) is 4.79 Å². The van der Waals surface area contributed by atoms with Gasteiger partial charge in [0.15, 0.2) is 0 Å². The molecule has 0 aromatic heterocycles. The van der Waals surface area contributed by atoms with Crippen LogP contribution in [0.5, 0.6) is 0 Å². The Morgan fingerprint density at radius 3 is 2.38 bits per heavy atom. The van der Waals surface area contributed by atoms with Crippen molar-refractivity contribution in [3.8, 4) is 0 Å². The van der Waals surface area contributed by atoms with Gasteiger partial charge in [0.2, 0.25) is 5.91 Å². The van der Waals surface area contributed by atoms with Crippen LogP contribution >= 0.6 is 11.6 Å². The lowest BCUT2D eigenvalue weighted by atomic mass is 10.1. The lowest BCUT2D eigenvalue weighted by molar-refractivity contribution is -0.131. The molecule has 0 spiro atoms. The Morgan fingerprint density at radius 1 is 1.38 bits per heavy atom. The predicted molar refractivity (Wildman–Crippen MR) is 57.0 cm³/mol. The summed E-state index contributed by atoms with van der Waals surface area (Å²) in [5.74, 6) is 1.20. The third-order valence-corrected chi connectivity index (χ3v) is 1.95. The van der Waals surface area contributed by atoms with Crippen LogP contribution in [0.1, 0.15) is 33.6 Å². The molecule has 0 radical (unpaired) electrons. The quantitative estimate of drug-likeness (QED) is 0.611. The van der Waals surface area contributed by atoms with Crippen molar-refractivity contribution in [3.05, 3.63) is 0 Å². The van der Waals surface area contributed by atoms with Crippen LogP contribution in [0, 0.1) is 5.92 Å². The van der Waals surface area contributed by atoms with Crippen LogP contribution in [0.4, 0.5) is 0 Å². The minimum Gasteiger partial charge on any atom is -0.342 e. The molecular formula is C10H20ClNO. The van der Waals surface area contributed by atoms with E-state index < -0.39 is 0 Å². The van der Waals surface area contributed by atoms with Gasteiger partial charge < -0.3 is 4.90 Å². The molecule has 0 aliphatic heterocycles. The molecule has 0 bridgehead atoms. The summed E-state index contributed by atoms with van der Waals surface area (Å²) in [5.41, 5.74) is 0. The topological polar surface area (TPSA) is 20.3 Å². The Morgan fingerprint density at radius 2 is 2.00 bits per heavy atom. The highest BCUT2D eigenvalue weighted by Crippen LogP contribution is 2.05. The third-order valence-electron chi connectivity index (χ3n) is 1.78. The number of rotatable bonds is 6. The number of amides is 1. The number of hydrogen-bond acceptors (Lipinski definition) is 1. The van der Waals surface area contributed by atoms with E-state index in [1.165, 1.54) is 0 Å². The number of hydrogen-bond donors (Lipinski definition) is 0. The molecule has 0 aromatic carbocycles. The maximum Gasteiger partial charge on any atom is 0.222 e. The van der Waals surface area contributed by atoms with Gasteiger partial charge >= 0.3 is 0 Å².